The van der Waals surface area contributed by atoms with Gasteiger partial charge in [-0.25, -0.2) is 4.99 Å². The first kappa shape index (κ1) is 13.6. The van der Waals surface area contributed by atoms with Crippen LogP contribution in [0.3, 0.4) is 0 Å². The maximum absolute atomic E-state index is 4.97. The highest BCUT2D eigenvalue weighted by molar-refractivity contribution is 5.81. The number of hydrogen-bond acceptors (Lipinski definition) is 3. The molecule has 0 unspecified atom stereocenters. The second-order valence-electron chi connectivity index (χ2n) is 6.06. The SMILES string of the molecule is CC(C)(C)N=C(N1CCNCC1)N1CCNCC1. The van der Waals surface area contributed by atoms with Gasteiger partial charge in [-0.3, -0.25) is 0 Å². The molecule has 2 saturated heterocycles. The molecule has 0 bridgehead atoms. The molecule has 2 fully saturated rings. The summed E-state index contributed by atoms with van der Waals surface area (Å²) in [7, 11) is 0. The summed E-state index contributed by atoms with van der Waals surface area (Å²) >= 11 is 0. The number of piperazine rings is 2. The van der Waals surface area contributed by atoms with Crippen LogP contribution in [0.5, 0.6) is 0 Å². The predicted octanol–water partition coefficient (Wildman–Crippen LogP) is -0.0487. The number of rotatable bonds is 0. The Hall–Kier alpha value is -0.810. The van der Waals surface area contributed by atoms with Gasteiger partial charge in [0.25, 0.3) is 0 Å². The lowest BCUT2D eigenvalue weighted by Gasteiger charge is -2.39. The van der Waals surface area contributed by atoms with E-state index in [0.717, 1.165) is 52.4 Å². The number of hydrogen-bond donors (Lipinski definition) is 2. The molecule has 2 heterocycles. The van der Waals surface area contributed by atoms with Crippen LogP contribution >= 0.6 is 0 Å². The third-order valence-corrected chi connectivity index (χ3v) is 3.24. The van der Waals surface area contributed by atoms with Crippen molar-refractivity contribution in [3.8, 4) is 0 Å². The van der Waals surface area contributed by atoms with E-state index in [1.54, 1.807) is 0 Å². The van der Waals surface area contributed by atoms with Crippen molar-refractivity contribution in [2.24, 2.45) is 4.99 Å². The predicted molar refractivity (Wildman–Crippen MR) is 76.1 cm³/mol. The zero-order valence-electron chi connectivity index (χ0n) is 12.0. The van der Waals surface area contributed by atoms with E-state index in [2.05, 4.69) is 41.2 Å². The van der Waals surface area contributed by atoms with Gasteiger partial charge in [-0.1, -0.05) is 0 Å². The van der Waals surface area contributed by atoms with Crippen molar-refractivity contribution >= 4 is 5.96 Å². The van der Waals surface area contributed by atoms with Crippen molar-refractivity contribution in [1.82, 2.24) is 20.4 Å². The third-order valence-electron chi connectivity index (χ3n) is 3.24. The van der Waals surface area contributed by atoms with Crippen LogP contribution < -0.4 is 10.6 Å². The summed E-state index contributed by atoms with van der Waals surface area (Å²) in [6.07, 6.45) is 0. The first-order valence-electron chi connectivity index (χ1n) is 7.07. The summed E-state index contributed by atoms with van der Waals surface area (Å²) in [5.74, 6) is 1.20. The molecule has 0 aliphatic carbocycles. The van der Waals surface area contributed by atoms with Crippen LogP contribution in [0.4, 0.5) is 0 Å². The monoisotopic (exact) mass is 253 g/mol. The quantitative estimate of drug-likeness (QED) is 0.469. The van der Waals surface area contributed by atoms with Gasteiger partial charge in [0.2, 0.25) is 0 Å². The van der Waals surface area contributed by atoms with Crippen LogP contribution in [0.25, 0.3) is 0 Å². The Labute approximate surface area is 111 Å². The van der Waals surface area contributed by atoms with E-state index in [0.29, 0.717) is 0 Å². The first-order valence-corrected chi connectivity index (χ1v) is 7.07. The van der Waals surface area contributed by atoms with Gasteiger partial charge in [0, 0.05) is 52.4 Å². The molecule has 5 heteroatoms. The zero-order valence-corrected chi connectivity index (χ0v) is 12.0. The molecule has 5 nitrogen and oxygen atoms in total. The van der Waals surface area contributed by atoms with E-state index in [9.17, 15) is 0 Å². The van der Waals surface area contributed by atoms with Crippen LogP contribution in [0.15, 0.2) is 4.99 Å². The van der Waals surface area contributed by atoms with E-state index in [4.69, 9.17) is 4.99 Å². The van der Waals surface area contributed by atoms with Crippen LogP contribution in [0.1, 0.15) is 20.8 Å². The summed E-state index contributed by atoms with van der Waals surface area (Å²) in [5, 5.41) is 6.82. The Balaban J connectivity index is 2.13. The zero-order chi connectivity index (χ0) is 13.0. The summed E-state index contributed by atoms with van der Waals surface area (Å²) in [4.78, 5) is 9.84. The summed E-state index contributed by atoms with van der Waals surface area (Å²) < 4.78 is 0. The van der Waals surface area contributed by atoms with E-state index >= 15 is 0 Å². The normalized spacial score (nSPS) is 21.9. The summed E-state index contributed by atoms with van der Waals surface area (Å²) in [5.41, 5.74) is -0.00884. The van der Waals surface area contributed by atoms with Crippen molar-refractivity contribution in [3.63, 3.8) is 0 Å². The molecule has 2 aliphatic rings. The van der Waals surface area contributed by atoms with Crippen LogP contribution in [0.2, 0.25) is 0 Å². The molecule has 0 amide bonds. The highest BCUT2D eigenvalue weighted by Gasteiger charge is 2.24. The van der Waals surface area contributed by atoms with Gasteiger partial charge in [-0.2, -0.15) is 0 Å². The number of aliphatic imine (C=N–C) groups is 1. The lowest BCUT2D eigenvalue weighted by molar-refractivity contribution is 0.266. The molecule has 0 aromatic carbocycles. The molecule has 104 valence electrons. The maximum Gasteiger partial charge on any atom is 0.197 e. The second kappa shape index (κ2) is 5.89. The van der Waals surface area contributed by atoms with Crippen molar-refractivity contribution in [2.45, 2.75) is 26.3 Å². The minimum atomic E-state index is -0.00884. The van der Waals surface area contributed by atoms with Crippen molar-refractivity contribution in [1.29, 1.82) is 0 Å². The molecule has 0 spiro atoms. The van der Waals surface area contributed by atoms with E-state index in [-0.39, 0.29) is 5.54 Å². The van der Waals surface area contributed by atoms with Gasteiger partial charge < -0.3 is 20.4 Å². The minimum absolute atomic E-state index is 0.00884. The van der Waals surface area contributed by atoms with Crippen LogP contribution in [-0.2, 0) is 0 Å². The average Bonchev–Trinajstić information content (AvgIpc) is 2.37. The minimum Gasteiger partial charge on any atom is -0.340 e. The lowest BCUT2D eigenvalue weighted by Crippen LogP contribution is -2.56. The highest BCUT2D eigenvalue weighted by atomic mass is 15.4. The Morgan fingerprint density at radius 2 is 1.22 bits per heavy atom. The molecule has 2 rings (SSSR count). The van der Waals surface area contributed by atoms with Crippen molar-refractivity contribution < 1.29 is 0 Å². The topological polar surface area (TPSA) is 42.9 Å². The number of nitrogens with zero attached hydrogens (tertiary/aromatic N) is 3. The van der Waals surface area contributed by atoms with Crippen molar-refractivity contribution in [3.05, 3.63) is 0 Å². The Kier molecular flexibility index (Phi) is 4.45. The van der Waals surface area contributed by atoms with E-state index in [1.165, 1.54) is 5.96 Å². The molecule has 0 radical (unpaired) electrons. The first-order chi connectivity index (χ1) is 8.56. The standard InChI is InChI=1S/C13H27N5/c1-13(2,3)16-12(17-8-4-14-5-9-17)18-10-6-15-7-11-18/h14-15H,4-11H2,1-3H3. The smallest absolute Gasteiger partial charge is 0.197 e. The van der Waals surface area contributed by atoms with Crippen LogP contribution in [0, 0.1) is 0 Å². The van der Waals surface area contributed by atoms with E-state index < -0.39 is 0 Å². The Morgan fingerprint density at radius 3 is 1.56 bits per heavy atom. The second-order valence-corrected chi connectivity index (χ2v) is 6.06. The molecule has 0 aromatic heterocycles. The summed E-state index contributed by atoms with van der Waals surface area (Å²) in [6, 6.07) is 0. The molecule has 0 aromatic rings. The summed E-state index contributed by atoms with van der Waals surface area (Å²) in [6.45, 7) is 15.1. The van der Waals surface area contributed by atoms with Gasteiger partial charge in [0.15, 0.2) is 5.96 Å². The Bertz CT molecular complexity index is 262. The number of guanidine groups is 1. The number of nitrogens with one attached hydrogen (secondary N) is 2. The van der Waals surface area contributed by atoms with Gasteiger partial charge in [0.1, 0.15) is 0 Å². The fourth-order valence-corrected chi connectivity index (χ4v) is 2.37. The highest BCUT2D eigenvalue weighted by Crippen LogP contribution is 2.12. The van der Waals surface area contributed by atoms with Gasteiger partial charge >= 0.3 is 0 Å². The fraction of sp³-hybridized carbons (Fsp3) is 0.923. The van der Waals surface area contributed by atoms with E-state index in [1.807, 2.05) is 0 Å². The van der Waals surface area contributed by atoms with Gasteiger partial charge in [-0.05, 0) is 20.8 Å². The molecular formula is C13H27N5. The molecule has 18 heavy (non-hydrogen) atoms. The molecule has 2 N–H and O–H groups in total. The average molecular weight is 253 g/mol. The molecule has 0 atom stereocenters. The van der Waals surface area contributed by atoms with Crippen LogP contribution in [-0.4, -0.2) is 73.7 Å². The molecule has 2 aliphatic heterocycles. The van der Waals surface area contributed by atoms with Gasteiger partial charge in [0.05, 0.1) is 5.54 Å². The fourth-order valence-electron chi connectivity index (χ4n) is 2.37. The maximum atomic E-state index is 4.97. The van der Waals surface area contributed by atoms with Crippen molar-refractivity contribution in [2.75, 3.05) is 52.4 Å². The lowest BCUT2D eigenvalue weighted by atomic mass is 10.1. The molecular weight excluding hydrogens is 226 g/mol. The third kappa shape index (κ3) is 3.85. The largest absolute Gasteiger partial charge is 0.340 e. The molecule has 0 saturated carbocycles. The Morgan fingerprint density at radius 1 is 0.833 bits per heavy atom. The van der Waals surface area contributed by atoms with Gasteiger partial charge in [-0.15, -0.1) is 0 Å².